The number of halogens is 2. The Morgan fingerprint density at radius 2 is 1.82 bits per heavy atom. The van der Waals surface area contributed by atoms with Crippen LogP contribution in [0.2, 0.25) is 10.0 Å². The van der Waals surface area contributed by atoms with Crippen LogP contribution < -0.4 is 10.3 Å². The van der Waals surface area contributed by atoms with Gasteiger partial charge in [-0.05, 0) is 41.8 Å². The number of hydrogen-bond acceptors (Lipinski definition) is 6. The summed E-state index contributed by atoms with van der Waals surface area (Å²) in [5.74, 6) is -3.02. The van der Waals surface area contributed by atoms with Crippen LogP contribution in [-0.4, -0.2) is 34.6 Å². The first kappa shape index (κ1) is 22.6. The molecule has 1 heterocycles. The standard InChI is InChI=1S/C21H13Cl2N3O6S/c22-11-4-7-16(14(9-11)19-24-17(21(29)30)18(27)20(28)25-19)26-33(31,32)12-5-6-13-10(8-12)2-1-3-15(13)23/h1-9,26-27H,(H,29,30)(H,24,25,28). The number of aromatic carboxylic acids is 1. The molecule has 0 saturated carbocycles. The molecule has 0 amide bonds. The van der Waals surface area contributed by atoms with Crippen LogP contribution >= 0.6 is 23.2 Å². The van der Waals surface area contributed by atoms with E-state index in [1.165, 1.54) is 30.3 Å². The molecule has 0 saturated heterocycles. The fourth-order valence-electron chi connectivity index (χ4n) is 3.14. The number of anilines is 1. The van der Waals surface area contributed by atoms with Crippen molar-refractivity contribution in [3.05, 3.63) is 80.7 Å². The molecule has 9 nitrogen and oxygen atoms in total. The summed E-state index contributed by atoms with van der Waals surface area (Å²) < 4.78 is 28.6. The second-order valence-electron chi connectivity index (χ2n) is 6.84. The number of hydrogen-bond donors (Lipinski definition) is 4. The zero-order valence-electron chi connectivity index (χ0n) is 16.3. The molecule has 0 aliphatic rings. The number of rotatable bonds is 5. The summed E-state index contributed by atoms with van der Waals surface area (Å²) in [5, 5.41) is 20.8. The number of nitrogens with one attached hydrogen (secondary N) is 2. The molecule has 1 aromatic heterocycles. The molecule has 4 aromatic rings. The molecule has 0 spiro atoms. The van der Waals surface area contributed by atoms with E-state index in [1.54, 1.807) is 24.3 Å². The lowest BCUT2D eigenvalue weighted by Crippen LogP contribution is -2.17. The summed E-state index contributed by atoms with van der Waals surface area (Å²) in [6, 6.07) is 13.5. The van der Waals surface area contributed by atoms with Crippen molar-refractivity contribution in [3.8, 4) is 17.1 Å². The summed E-state index contributed by atoms with van der Waals surface area (Å²) >= 11 is 12.2. The SMILES string of the molecule is O=C(O)c1nc(-c2cc(Cl)ccc2NS(=O)(=O)c2ccc3c(Cl)cccc3c2)[nH]c(=O)c1O. The maximum Gasteiger partial charge on any atom is 0.358 e. The average Bonchev–Trinajstić information content (AvgIpc) is 2.76. The van der Waals surface area contributed by atoms with Gasteiger partial charge in [0.15, 0.2) is 5.69 Å². The van der Waals surface area contributed by atoms with Gasteiger partial charge in [-0.15, -0.1) is 0 Å². The Morgan fingerprint density at radius 3 is 2.55 bits per heavy atom. The monoisotopic (exact) mass is 505 g/mol. The summed E-state index contributed by atoms with van der Waals surface area (Å²) in [7, 11) is -4.13. The predicted molar refractivity (Wildman–Crippen MR) is 124 cm³/mol. The molecule has 12 heteroatoms. The van der Waals surface area contributed by atoms with Crippen LogP contribution in [0.15, 0.2) is 64.3 Å². The van der Waals surface area contributed by atoms with Gasteiger partial charge < -0.3 is 15.2 Å². The molecular formula is C21H13Cl2N3O6S. The largest absolute Gasteiger partial charge is 0.501 e. The summed E-state index contributed by atoms with van der Waals surface area (Å²) in [6.45, 7) is 0. The molecule has 4 N–H and O–H groups in total. The Morgan fingerprint density at radius 1 is 1.06 bits per heavy atom. The van der Waals surface area contributed by atoms with Crippen molar-refractivity contribution in [1.82, 2.24) is 9.97 Å². The van der Waals surface area contributed by atoms with Gasteiger partial charge in [0, 0.05) is 21.0 Å². The van der Waals surface area contributed by atoms with Crippen molar-refractivity contribution in [1.29, 1.82) is 0 Å². The van der Waals surface area contributed by atoms with Crippen LogP contribution in [0.25, 0.3) is 22.2 Å². The number of aromatic nitrogens is 2. The van der Waals surface area contributed by atoms with Gasteiger partial charge in [0.1, 0.15) is 5.82 Å². The van der Waals surface area contributed by atoms with E-state index < -0.39 is 33.0 Å². The number of H-pyrrole nitrogens is 1. The molecule has 4 rings (SSSR count). The van der Waals surface area contributed by atoms with Crippen LogP contribution in [0.1, 0.15) is 10.5 Å². The minimum Gasteiger partial charge on any atom is -0.501 e. The van der Waals surface area contributed by atoms with Gasteiger partial charge >= 0.3 is 5.97 Å². The average molecular weight is 506 g/mol. The molecule has 0 unspecified atom stereocenters. The molecule has 0 fully saturated rings. The minimum absolute atomic E-state index is 0.00508. The Labute approximate surface area is 196 Å². The van der Waals surface area contributed by atoms with E-state index in [2.05, 4.69) is 14.7 Å². The summed E-state index contributed by atoms with van der Waals surface area (Å²) in [4.78, 5) is 29.2. The smallest absolute Gasteiger partial charge is 0.358 e. The van der Waals surface area contributed by atoms with Crippen LogP contribution in [-0.2, 0) is 10.0 Å². The van der Waals surface area contributed by atoms with Gasteiger partial charge in [-0.3, -0.25) is 9.52 Å². The third-order valence-electron chi connectivity index (χ3n) is 4.69. The predicted octanol–water partition coefficient (Wildman–Crippen LogP) is 4.10. The highest BCUT2D eigenvalue weighted by atomic mass is 35.5. The van der Waals surface area contributed by atoms with E-state index in [9.17, 15) is 28.2 Å². The van der Waals surface area contributed by atoms with E-state index in [0.29, 0.717) is 15.8 Å². The molecule has 0 atom stereocenters. The molecule has 33 heavy (non-hydrogen) atoms. The van der Waals surface area contributed by atoms with Crippen LogP contribution in [0.5, 0.6) is 5.75 Å². The first-order valence-corrected chi connectivity index (χ1v) is 11.4. The highest BCUT2D eigenvalue weighted by molar-refractivity contribution is 7.92. The second kappa shape index (κ2) is 8.39. The van der Waals surface area contributed by atoms with Crippen molar-refractivity contribution < 1.29 is 23.4 Å². The lowest BCUT2D eigenvalue weighted by atomic mass is 10.1. The topological polar surface area (TPSA) is 149 Å². The third-order valence-corrected chi connectivity index (χ3v) is 6.62. The molecule has 0 aliphatic heterocycles. The van der Waals surface area contributed by atoms with Gasteiger partial charge in [-0.2, -0.15) is 0 Å². The van der Waals surface area contributed by atoms with Gasteiger partial charge in [-0.1, -0.05) is 41.4 Å². The highest BCUT2D eigenvalue weighted by Gasteiger charge is 2.22. The number of aromatic amines is 1. The van der Waals surface area contributed by atoms with Crippen molar-refractivity contribution in [2.45, 2.75) is 4.90 Å². The Balaban J connectivity index is 1.82. The van der Waals surface area contributed by atoms with E-state index in [4.69, 9.17) is 23.2 Å². The zero-order valence-corrected chi connectivity index (χ0v) is 18.7. The van der Waals surface area contributed by atoms with E-state index >= 15 is 0 Å². The first-order valence-electron chi connectivity index (χ1n) is 9.14. The number of benzene rings is 3. The summed E-state index contributed by atoms with van der Waals surface area (Å²) in [5.41, 5.74) is -2.04. The van der Waals surface area contributed by atoms with E-state index in [1.807, 2.05) is 0 Å². The fraction of sp³-hybridized carbons (Fsp3) is 0. The van der Waals surface area contributed by atoms with Crippen molar-refractivity contribution in [3.63, 3.8) is 0 Å². The maximum absolute atomic E-state index is 13.1. The third kappa shape index (κ3) is 4.36. The fourth-order valence-corrected chi connectivity index (χ4v) is 4.67. The van der Waals surface area contributed by atoms with Crippen LogP contribution in [0.3, 0.4) is 0 Å². The number of nitrogens with zero attached hydrogens (tertiary/aromatic N) is 1. The number of aromatic hydroxyl groups is 1. The molecule has 0 aliphatic carbocycles. The quantitative estimate of drug-likeness (QED) is 0.318. The van der Waals surface area contributed by atoms with Gasteiger partial charge in [0.2, 0.25) is 5.75 Å². The van der Waals surface area contributed by atoms with Crippen LogP contribution in [0, 0.1) is 0 Å². The van der Waals surface area contributed by atoms with Crippen molar-refractivity contribution >= 4 is 55.7 Å². The molecule has 0 radical (unpaired) electrons. The molecule has 168 valence electrons. The molecular weight excluding hydrogens is 493 g/mol. The van der Waals surface area contributed by atoms with Gasteiger partial charge in [0.25, 0.3) is 15.6 Å². The van der Waals surface area contributed by atoms with Gasteiger partial charge in [-0.25, -0.2) is 18.2 Å². The Kier molecular flexibility index (Phi) is 5.75. The molecule has 3 aromatic carbocycles. The highest BCUT2D eigenvalue weighted by Crippen LogP contribution is 2.32. The number of sulfonamides is 1. The maximum atomic E-state index is 13.1. The lowest BCUT2D eigenvalue weighted by Gasteiger charge is -2.14. The van der Waals surface area contributed by atoms with Gasteiger partial charge in [0.05, 0.1) is 10.6 Å². The number of fused-ring (bicyclic) bond motifs is 1. The number of carboxylic acid groups (broad SMARTS) is 1. The summed E-state index contributed by atoms with van der Waals surface area (Å²) in [6.07, 6.45) is 0. The first-order chi connectivity index (χ1) is 15.6. The normalized spacial score (nSPS) is 11.5. The van der Waals surface area contributed by atoms with Crippen molar-refractivity contribution in [2.75, 3.05) is 4.72 Å². The Hall–Kier alpha value is -3.60. The van der Waals surface area contributed by atoms with E-state index in [-0.39, 0.29) is 27.0 Å². The minimum atomic E-state index is -4.13. The van der Waals surface area contributed by atoms with Crippen molar-refractivity contribution in [2.24, 2.45) is 0 Å². The number of carboxylic acids is 1. The van der Waals surface area contributed by atoms with E-state index in [0.717, 1.165) is 0 Å². The second-order valence-corrected chi connectivity index (χ2v) is 9.36. The lowest BCUT2D eigenvalue weighted by molar-refractivity contribution is 0.0686. The zero-order chi connectivity index (χ0) is 23.9. The van der Waals surface area contributed by atoms with Crippen LogP contribution in [0.4, 0.5) is 5.69 Å². The number of carbonyl (C=O) groups is 1. The molecule has 0 bridgehead atoms. The Bertz CT molecular complexity index is 1600.